The van der Waals surface area contributed by atoms with E-state index < -0.39 is 5.91 Å². The summed E-state index contributed by atoms with van der Waals surface area (Å²) in [4.78, 5) is 9.77. The van der Waals surface area contributed by atoms with Crippen LogP contribution < -0.4 is 5.54 Å². The van der Waals surface area contributed by atoms with Gasteiger partial charge in [0.25, 0.3) is 0 Å². The van der Waals surface area contributed by atoms with E-state index in [1.54, 1.807) is 0 Å². The van der Waals surface area contributed by atoms with Crippen molar-refractivity contribution in [3.05, 3.63) is 0 Å². The first-order valence-electron chi connectivity index (χ1n) is 1.81. The molecule has 0 aliphatic carbocycles. The number of aliphatic hydroxyl groups excluding tert-OH is 1. The summed E-state index contributed by atoms with van der Waals surface area (Å²) in [6.07, 6.45) is -0.170. The lowest BCUT2D eigenvalue weighted by Gasteiger charge is -1.87. The molecule has 0 aliphatic heterocycles. The third kappa shape index (κ3) is 3.18. The lowest BCUT2D eigenvalue weighted by atomic mass is 10.4. The Kier molecular flexibility index (Phi) is 3.22. The van der Waals surface area contributed by atoms with E-state index in [4.69, 9.17) is 5.11 Å². The Morgan fingerprint density at radius 2 is 2.43 bits per heavy atom. The maximum Gasteiger partial charge on any atom is 0.249 e. The molecule has 0 rings (SSSR count). The molecule has 0 aromatic rings. The molecule has 0 aromatic carbocycles. The van der Waals surface area contributed by atoms with Gasteiger partial charge in [0.05, 0.1) is 13.0 Å². The molecule has 0 fully saturated rings. The first-order valence-corrected chi connectivity index (χ1v) is 1.81. The van der Waals surface area contributed by atoms with Crippen LogP contribution in [0, 0.1) is 0 Å². The van der Waals surface area contributed by atoms with Crippen LogP contribution in [0.5, 0.6) is 0 Å². The second kappa shape index (κ2) is 3.55. The maximum absolute atomic E-state index is 10.9. The van der Waals surface area contributed by atoms with Crippen LogP contribution in [0.2, 0.25) is 0 Å². The molecule has 0 heterocycles. The SMILES string of the molecule is O=C(CCO)NF. The molecule has 0 saturated carbocycles. The van der Waals surface area contributed by atoms with Crippen LogP contribution in [0.4, 0.5) is 4.48 Å². The summed E-state index contributed by atoms with van der Waals surface area (Å²) < 4.78 is 10.9. The summed E-state index contributed by atoms with van der Waals surface area (Å²) in [5.74, 6) is -0.789. The highest BCUT2D eigenvalue weighted by Crippen LogP contribution is 1.73. The zero-order valence-corrected chi connectivity index (χ0v) is 3.65. The first-order chi connectivity index (χ1) is 3.31. The highest BCUT2D eigenvalue weighted by molar-refractivity contribution is 5.74. The van der Waals surface area contributed by atoms with Gasteiger partial charge in [-0.25, -0.2) is 0 Å². The number of halogens is 1. The molecule has 0 atom stereocenters. The molecular weight excluding hydrogens is 101 g/mol. The van der Waals surface area contributed by atoms with Crippen molar-refractivity contribution < 1.29 is 14.4 Å². The number of aliphatic hydroxyl groups is 1. The Hall–Kier alpha value is -0.640. The van der Waals surface area contributed by atoms with Crippen molar-refractivity contribution >= 4 is 5.91 Å². The number of hydrogen-bond donors (Lipinski definition) is 2. The molecule has 0 spiro atoms. The first kappa shape index (κ1) is 6.36. The Balaban J connectivity index is 3.00. The van der Waals surface area contributed by atoms with Crippen molar-refractivity contribution in [2.24, 2.45) is 0 Å². The Morgan fingerprint density at radius 1 is 1.86 bits per heavy atom. The zero-order valence-electron chi connectivity index (χ0n) is 3.65. The van der Waals surface area contributed by atoms with E-state index in [1.165, 1.54) is 0 Å². The average molecular weight is 107 g/mol. The summed E-state index contributed by atoms with van der Waals surface area (Å²) in [5, 5.41) is 7.94. The van der Waals surface area contributed by atoms with E-state index in [-0.39, 0.29) is 13.0 Å². The third-order valence-corrected chi connectivity index (χ3v) is 0.444. The van der Waals surface area contributed by atoms with Crippen molar-refractivity contribution in [2.45, 2.75) is 6.42 Å². The van der Waals surface area contributed by atoms with Gasteiger partial charge in [-0.15, -0.1) is 4.48 Å². The molecule has 7 heavy (non-hydrogen) atoms. The molecule has 0 saturated heterocycles. The normalized spacial score (nSPS) is 8.29. The van der Waals surface area contributed by atoms with Crippen molar-refractivity contribution in [3.63, 3.8) is 0 Å². The van der Waals surface area contributed by atoms with Gasteiger partial charge < -0.3 is 5.11 Å². The minimum absolute atomic E-state index is 0.170. The Labute approximate surface area is 40.1 Å². The number of nitrogens with one attached hydrogen (secondary N) is 1. The second-order valence-corrected chi connectivity index (χ2v) is 0.991. The van der Waals surface area contributed by atoms with Gasteiger partial charge in [-0.1, -0.05) is 0 Å². The van der Waals surface area contributed by atoms with Crippen LogP contribution in [0.25, 0.3) is 0 Å². The van der Waals surface area contributed by atoms with E-state index in [9.17, 15) is 9.28 Å². The fraction of sp³-hybridized carbons (Fsp3) is 0.667. The van der Waals surface area contributed by atoms with Crippen LogP contribution >= 0.6 is 0 Å². The maximum atomic E-state index is 10.9. The van der Waals surface area contributed by atoms with Crippen molar-refractivity contribution in [2.75, 3.05) is 6.61 Å². The average Bonchev–Trinajstić information content (AvgIpc) is 1.68. The van der Waals surface area contributed by atoms with E-state index in [0.717, 1.165) is 5.54 Å². The second-order valence-electron chi connectivity index (χ2n) is 0.991. The Morgan fingerprint density at radius 3 is 2.57 bits per heavy atom. The number of hydrogen-bond acceptors (Lipinski definition) is 2. The predicted molar refractivity (Wildman–Crippen MR) is 21.0 cm³/mol. The monoisotopic (exact) mass is 107 g/mol. The minimum Gasteiger partial charge on any atom is -0.396 e. The van der Waals surface area contributed by atoms with Gasteiger partial charge in [0.1, 0.15) is 0 Å². The molecule has 4 heteroatoms. The van der Waals surface area contributed by atoms with Crippen molar-refractivity contribution in [3.8, 4) is 0 Å². The highest BCUT2D eigenvalue weighted by Gasteiger charge is 1.93. The summed E-state index contributed by atoms with van der Waals surface area (Å²) in [7, 11) is 0. The van der Waals surface area contributed by atoms with Crippen LogP contribution in [0.1, 0.15) is 6.42 Å². The molecule has 0 bridgehead atoms. The van der Waals surface area contributed by atoms with E-state index in [0.29, 0.717) is 0 Å². The molecule has 42 valence electrons. The van der Waals surface area contributed by atoms with Crippen LogP contribution in [0.3, 0.4) is 0 Å². The highest BCUT2D eigenvalue weighted by atomic mass is 19.2. The lowest BCUT2D eigenvalue weighted by Crippen LogP contribution is -2.14. The largest absolute Gasteiger partial charge is 0.396 e. The van der Waals surface area contributed by atoms with Gasteiger partial charge in [-0.2, -0.15) is 5.54 Å². The van der Waals surface area contributed by atoms with E-state index in [1.807, 2.05) is 0 Å². The van der Waals surface area contributed by atoms with Crippen LogP contribution in [-0.2, 0) is 4.79 Å². The smallest absolute Gasteiger partial charge is 0.249 e. The summed E-state index contributed by atoms with van der Waals surface area (Å²) in [5.41, 5.74) is 0.867. The molecule has 0 radical (unpaired) electrons. The van der Waals surface area contributed by atoms with E-state index in [2.05, 4.69) is 0 Å². The third-order valence-electron chi connectivity index (χ3n) is 0.444. The minimum atomic E-state index is -0.789. The van der Waals surface area contributed by atoms with Gasteiger partial charge in [-0.3, -0.25) is 4.79 Å². The van der Waals surface area contributed by atoms with E-state index >= 15 is 0 Å². The van der Waals surface area contributed by atoms with Gasteiger partial charge in [-0.05, 0) is 0 Å². The number of amides is 1. The molecule has 0 aromatic heterocycles. The topological polar surface area (TPSA) is 49.3 Å². The van der Waals surface area contributed by atoms with Gasteiger partial charge >= 0.3 is 0 Å². The summed E-state index contributed by atoms with van der Waals surface area (Å²) in [6, 6.07) is 0. The molecule has 1 amide bonds. The fourth-order valence-electron chi connectivity index (χ4n) is 0.149. The summed E-state index contributed by atoms with van der Waals surface area (Å²) in [6.45, 7) is -0.310. The van der Waals surface area contributed by atoms with Crippen molar-refractivity contribution in [1.82, 2.24) is 5.54 Å². The zero-order chi connectivity index (χ0) is 5.70. The quantitative estimate of drug-likeness (QED) is 0.461. The molecular formula is C3H6FNO2. The van der Waals surface area contributed by atoms with Crippen LogP contribution in [-0.4, -0.2) is 17.6 Å². The van der Waals surface area contributed by atoms with Gasteiger partial charge in [0.15, 0.2) is 0 Å². The fourth-order valence-corrected chi connectivity index (χ4v) is 0.149. The standard InChI is InChI=1S/C3H6FNO2/c4-5-3(7)1-2-6/h6H,1-2H2,(H,5,7). The number of carbonyl (C=O) groups excluding carboxylic acids is 1. The van der Waals surface area contributed by atoms with Crippen LogP contribution in [0.15, 0.2) is 0 Å². The molecule has 0 aliphatic rings. The Bertz CT molecular complexity index is 66.0. The van der Waals surface area contributed by atoms with Gasteiger partial charge in [0, 0.05) is 0 Å². The summed E-state index contributed by atoms with van der Waals surface area (Å²) >= 11 is 0. The van der Waals surface area contributed by atoms with Crippen molar-refractivity contribution in [1.29, 1.82) is 0 Å². The molecule has 2 N–H and O–H groups in total. The number of rotatable bonds is 2. The molecule has 0 unspecified atom stereocenters. The number of carbonyl (C=O) groups is 1. The molecule has 3 nitrogen and oxygen atoms in total. The predicted octanol–water partition coefficient (Wildman–Crippen LogP) is -0.631. The lowest BCUT2D eigenvalue weighted by molar-refractivity contribution is -0.125. The van der Waals surface area contributed by atoms with Gasteiger partial charge in [0.2, 0.25) is 5.91 Å².